The molecule has 0 spiro atoms. The highest BCUT2D eigenvalue weighted by molar-refractivity contribution is 5.98. The molecule has 2 saturated carbocycles. The second-order valence-corrected chi connectivity index (χ2v) is 6.10. The van der Waals surface area contributed by atoms with Gasteiger partial charge < -0.3 is 11.1 Å². The van der Waals surface area contributed by atoms with E-state index >= 15 is 0 Å². The molecule has 1 amide bonds. The molecular formula is C16H22N2O. The minimum absolute atomic E-state index is 0.178. The summed E-state index contributed by atoms with van der Waals surface area (Å²) in [5.41, 5.74) is 9.72. The lowest BCUT2D eigenvalue weighted by atomic mass is 10.0. The van der Waals surface area contributed by atoms with Gasteiger partial charge in [-0.25, -0.2) is 0 Å². The van der Waals surface area contributed by atoms with E-state index in [4.69, 9.17) is 5.73 Å². The molecular weight excluding hydrogens is 236 g/mol. The summed E-state index contributed by atoms with van der Waals surface area (Å²) in [6, 6.07) is 3.87. The molecule has 3 heteroatoms. The molecule has 3 nitrogen and oxygen atoms in total. The lowest BCUT2D eigenvalue weighted by Crippen LogP contribution is -2.17. The SMILES string of the molecule is Cc1ccc(N)c(NC(=O)C2C3CCCCC32)c1C. The summed E-state index contributed by atoms with van der Waals surface area (Å²) in [6.45, 7) is 4.06. The number of nitrogens with two attached hydrogens (primary N) is 1. The van der Waals surface area contributed by atoms with E-state index < -0.39 is 0 Å². The molecule has 0 radical (unpaired) electrons. The Morgan fingerprint density at radius 1 is 1.21 bits per heavy atom. The summed E-state index contributed by atoms with van der Waals surface area (Å²) in [6.07, 6.45) is 5.03. The third-order valence-electron chi connectivity index (χ3n) is 4.98. The van der Waals surface area contributed by atoms with Gasteiger partial charge in [0.05, 0.1) is 11.4 Å². The number of fused-ring (bicyclic) bond motifs is 1. The second-order valence-electron chi connectivity index (χ2n) is 6.10. The Balaban J connectivity index is 1.75. The van der Waals surface area contributed by atoms with Gasteiger partial charge in [0.1, 0.15) is 0 Å². The second kappa shape index (κ2) is 4.55. The highest BCUT2D eigenvalue weighted by atomic mass is 16.2. The summed E-state index contributed by atoms with van der Waals surface area (Å²) in [5, 5.41) is 3.07. The van der Waals surface area contributed by atoms with E-state index in [0.29, 0.717) is 17.5 Å². The van der Waals surface area contributed by atoms with E-state index in [1.54, 1.807) is 0 Å². The van der Waals surface area contributed by atoms with E-state index in [2.05, 4.69) is 5.32 Å². The normalized spacial score (nSPS) is 28.6. The molecule has 0 bridgehead atoms. The van der Waals surface area contributed by atoms with Crippen molar-refractivity contribution in [3.63, 3.8) is 0 Å². The van der Waals surface area contributed by atoms with Crippen LogP contribution in [-0.2, 0) is 4.79 Å². The monoisotopic (exact) mass is 258 g/mol. The topological polar surface area (TPSA) is 55.1 Å². The maximum atomic E-state index is 12.4. The Kier molecular flexibility index (Phi) is 3.00. The number of carbonyl (C=O) groups is 1. The molecule has 102 valence electrons. The molecule has 2 atom stereocenters. The number of nitrogen functional groups attached to an aromatic ring is 1. The molecule has 2 aliphatic carbocycles. The Labute approximate surface area is 114 Å². The molecule has 0 aliphatic heterocycles. The lowest BCUT2D eigenvalue weighted by Gasteiger charge is -2.13. The Hall–Kier alpha value is -1.51. The molecule has 0 heterocycles. The smallest absolute Gasteiger partial charge is 0.228 e. The van der Waals surface area contributed by atoms with Crippen molar-refractivity contribution in [2.45, 2.75) is 39.5 Å². The van der Waals surface area contributed by atoms with Crippen LogP contribution in [-0.4, -0.2) is 5.91 Å². The van der Waals surface area contributed by atoms with Crippen molar-refractivity contribution < 1.29 is 4.79 Å². The van der Waals surface area contributed by atoms with Crippen molar-refractivity contribution in [2.75, 3.05) is 11.1 Å². The van der Waals surface area contributed by atoms with Crippen LogP contribution in [0.5, 0.6) is 0 Å². The number of aryl methyl sites for hydroxylation is 1. The first kappa shape index (κ1) is 12.5. The van der Waals surface area contributed by atoms with Crippen molar-refractivity contribution >= 4 is 17.3 Å². The molecule has 3 N–H and O–H groups in total. The molecule has 0 aromatic heterocycles. The van der Waals surface area contributed by atoms with E-state index in [9.17, 15) is 4.79 Å². The van der Waals surface area contributed by atoms with Gasteiger partial charge >= 0.3 is 0 Å². The van der Waals surface area contributed by atoms with Crippen molar-refractivity contribution in [3.05, 3.63) is 23.3 Å². The number of carbonyl (C=O) groups excluding carboxylic acids is 1. The Morgan fingerprint density at radius 3 is 2.47 bits per heavy atom. The van der Waals surface area contributed by atoms with Crippen LogP contribution in [0, 0.1) is 31.6 Å². The first-order valence-electron chi connectivity index (χ1n) is 7.26. The fraction of sp³-hybridized carbons (Fsp3) is 0.562. The van der Waals surface area contributed by atoms with Crippen molar-refractivity contribution in [3.8, 4) is 0 Å². The highest BCUT2D eigenvalue weighted by Crippen LogP contribution is 2.55. The molecule has 1 aromatic carbocycles. The van der Waals surface area contributed by atoms with Crippen LogP contribution in [0.2, 0.25) is 0 Å². The maximum Gasteiger partial charge on any atom is 0.228 e. The van der Waals surface area contributed by atoms with Crippen molar-refractivity contribution in [1.29, 1.82) is 0 Å². The van der Waals surface area contributed by atoms with E-state index in [1.165, 1.54) is 25.7 Å². The Morgan fingerprint density at radius 2 is 1.84 bits per heavy atom. The van der Waals surface area contributed by atoms with Crippen LogP contribution in [0.15, 0.2) is 12.1 Å². The molecule has 2 fully saturated rings. The van der Waals surface area contributed by atoms with Crippen LogP contribution in [0.3, 0.4) is 0 Å². The predicted octanol–water partition coefficient (Wildman–Crippen LogP) is 3.26. The minimum Gasteiger partial charge on any atom is -0.397 e. The van der Waals surface area contributed by atoms with Gasteiger partial charge in [0.2, 0.25) is 5.91 Å². The zero-order chi connectivity index (χ0) is 13.6. The Bertz CT molecular complexity index is 512. The summed E-state index contributed by atoms with van der Waals surface area (Å²) in [4.78, 5) is 12.4. The van der Waals surface area contributed by atoms with Gasteiger partial charge in [-0.15, -0.1) is 0 Å². The number of hydrogen-bond acceptors (Lipinski definition) is 2. The van der Waals surface area contributed by atoms with Gasteiger partial charge in [-0.2, -0.15) is 0 Å². The van der Waals surface area contributed by atoms with Crippen LogP contribution < -0.4 is 11.1 Å². The number of hydrogen-bond donors (Lipinski definition) is 2. The van der Waals surface area contributed by atoms with Crippen LogP contribution in [0.25, 0.3) is 0 Å². The summed E-state index contributed by atoms with van der Waals surface area (Å²) in [7, 11) is 0. The van der Waals surface area contributed by atoms with Gasteiger partial charge in [0, 0.05) is 5.92 Å². The van der Waals surface area contributed by atoms with E-state index in [-0.39, 0.29) is 11.8 Å². The third-order valence-corrected chi connectivity index (χ3v) is 4.98. The number of benzene rings is 1. The van der Waals surface area contributed by atoms with Crippen LogP contribution >= 0.6 is 0 Å². The average molecular weight is 258 g/mol. The number of nitrogens with one attached hydrogen (secondary N) is 1. The van der Waals surface area contributed by atoms with Gasteiger partial charge in [0.15, 0.2) is 0 Å². The fourth-order valence-electron chi connectivity index (χ4n) is 3.59. The van der Waals surface area contributed by atoms with Crippen molar-refractivity contribution in [2.24, 2.45) is 17.8 Å². The molecule has 19 heavy (non-hydrogen) atoms. The number of rotatable bonds is 2. The number of amides is 1. The molecule has 1 aromatic rings. The fourth-order valence-corrected chi connectivity index (χ4v) is 3.59. The molecule has 0 saturated heterocycles. The average Bonchev–Trinajstić information content (AvgIpc) is 3.13. The summed E-state index contributed by atoms with van der Waals surface area (Å²) >= 11 is 0. The molecule has 2 unspecified atom stereocenters. The predicted molar refractivity (Wildman–Crippen MR) is 77.9 cm³/mol. The third kappa shape index (κ3) is 2.11. The van der Waals surface area contributed by atoms with Gasteiger partial charge in [-0.3, -0.25) is 4.79 Å². The highest BCUT2D eigenvalue weighted by Gasteiger charge is 2.54. The maximum absolute atomic E-state index is 12.4. The zero-order valence-corrected chi connectivity index (χ0v) is 11.7. The number of anilines is 2. The minimum atomic E-state index is 0.178. The molecule has 2 aliphatic rings. The first-order valence-corrected chi connectivity index (χ1v) is 7.26. The van der Waals surface area contributed by atoms with Crippen molar-refractivity contribution in [1.82, 2.24) is 0 Å². The largest absolute Gasteiger partial charge is 0.397 e. The zero-order valence-electron chi connectivity index (χ0n) is 11.7. The summed E-state index contributed by atoms with van der Waals surface area (Å²) in [5.74, 6) is 1.69. The lowest BCUT2D eigenvalue weighted by molar-refractivity contribution is -0.117. The van der Waals surface area contributed by atoms with Gasteiger partial charge in [-0.1, -0.05) is 18.9 Å². The van der Waals surface area contributed by atoms with E-state index in [0.717, 1.165) is 16.8 Å². The standard InChI is InChI=1S/C16H22N2O/c1-9-7-8-13(17)15(10(9)2)18-16(19)14-11-5-3-4-6-12(11)14/h7-8,11-12,14H,3-6,17H2,1-2H3,(H,18,19). The quantitative estimate of drug-likeness (QED) is 0.800. The summed E-state index contributed by atoms with van der Waals surface area (Å²) < 4.78 is 0. The van der Waals surface area contributed by atoms with E-state index in [1.807, 2.05) is 26.0 Å². The van der Waals surface area contributed by atoms with Crippen LogP contribution in [0.4, 0.5) is 11.4 Å². The first-order chi connectivity index (χ1) is 9.09. The van der Waals surface area contributed by atoms with Crippen LogP contribution in [0.1, 0.15) is 36.8 Å². The van der Waals surface area contributed by atoms with Gasteiger partial charge in [0.25, 0.3) is 0 Å². The van der Waals surface area contributed by atoms with Gasteiger partial charge in [-0.05, 0) is 55.7 Å². The molecule has 3 rings (SSSR count).